The number of benzene rings is 5. The van der Waals surface area contributed by atoms with Crippen LogP contribution in [0, 0.1) is 0 Å². The second-order valence-electron chi connectivity index (χ2n) is 14.1. The molecule has 10 aromatic rings. The van der Waals surface area contributed by atoms with Crippen molar-refractivity contribution >= 4 is 43.9 Å². The van der Waals surface area contributed by atoms with Crippen molar-refractivity contribution in [3.63, 3.8) is 0 Å². The van der Waals surface area contributed by atoms with Crippen molar-refractivity contribution in [1.82, 2.24) is 29.4 Å². The van der Waals surface area contributed by atoms with E-state index >= 15 is 0 Å². The van der Waals surface area contributed by atoms with Crippen LogP contribution in [-0.2, 0) is 0 Å². The van der Waals surface area contributed by atoms with Gasteiger partial charge in [-0.3, -0.25) is 15.0 Å². The highest BCUT2D eigenvalue weighted by molar-refractivity contribution is 6.10. The molecule has 58 heavy (non-hydrogen) atoms. The highest BCUT2D eigenvalue weighted by atomic mass is 15.0. The number of hydrogen-bond donors (Lipinski definition) is 1. The number of nitrogens with zero attached hydrogens (tertiary/aromatic N) is 5. The summed E-state index contributed by atoms with van der Waals surface area (Å²) in [7, 11) is 0. The van der Waals surface area contributed by atoms with E-state index in [2.05, 4.69) is 159 Å². The van der Waals surface area contributed by atoms with E-state index in [1.165, 1.54) is 11.1 Å². The SMILES string of the molecule is C1=CNC(c2ccccc2-c2ccc3c(c2)c2ncccc2n3-c2cccc(-n3c4ccc(-c5ccccc5-c5ccccn5)cc4c4ncccc43)c2)C=C1.CC. The van der Waals surface area contributed by atoms with Crippen molar-refractivity contribution in [3.8, 4) is 44.9 Å². The number of aromatic nitrogens is 5. The van der Waals surface area contributed by atoms with Crippen LogP contribution in [0.2, 0.25) is 0 Å². The van der Waals surface area contributed by atoms with Gasteiger partial charge in [-0.05, 0) is 119 Å². The summed E-state index contributed by atoms with van der Waals surface area (Å²) in [6.07, 6.45) is 14.0. The van der Waals surface area contributed by atoms with Gasteiger partial charge in [-0.25, -0.2) is 0 Å². The van der Waals surface area contributed by atoms with Crippen LogP contribution in [0.1, 0.15) is 25.5 Å². The molecule has 11 rings (SSSR count). The van der Waals surface area contributed by atoms with Gasteiger partial charge in [0, 0.05) is 46.3 Å². The molecule has 6 heterocycles. The Morgan fingerprint density at radius 1 is 0.466 bits per heavy atom. The third kappa shape index (κ3) is 5.85. The van der Waals surface area contributed by atoms with Gasteiger partial charge in [0.05, 0.1) is 44.8 Å². The van der Waals surface area contributed by atoms with Gasteiger partial charge in [-0.1, -0.05) is 98.8 Å². The number of fused-ring (bicyclic) bond motifs is 6. The van der Waals surface area contributed by atoms with Crippen LogP contribution in [0.5, 0.6) is 0 Å². The first-order valence-electron chi connectivity index (χ1n) is 19.9. The molecule has 0 amide bonds. The van der Waals surface area contributed by atoms with Gasteiger partial charge in [-0.15, -0.1) is 0 Å². The van der Waals surface area contributed by atoms with Crippen LogP contribution in [0.4, 0.5) is 0 Å². The van der Waals surface area contributed by atoms with Crippen molar-refractivity contribution < 1.29 is 0 Å². The number of nitrogens with one attached hydrogen (secondary N) is 1. The van der Waals surface area contributed by atoms with E-state index in [4.69, 9.17) is 9.97 Å². The molecule has 0 spiro atoms. The van der Waals surface area contributed by atoms with Gasteiger partial charge in [0.1, 0.15) is 0 Å². The Labute approximate surface area is 337 Å². The summed E-state index contributed by atoms with van der Waals surface area (Å²) >= 11 is 0. The zero-order valence-electron chi connectivity index (χ0n) is 32.3. The Kier molecular flexibility index (Phi) is 8.92. The Morgan fingerprint density at radius 3 is 1.67 bits per heavy atom. The van der Waals surface area contributed by atoms with E-state index in [1.54, 1.807) is 0 Å². The van der Waals surface area contributed by atoms with Gasteiger partial charge >= 0.3 is 0 Å². The maximum Gasteiger partial charge on any atom is 0.0963 e. The molecular formula is C52H40N6. The molecule has 1 aliphatic rings. The molecule has 0 bridgehead atoms. The minimum absolute atomic E-state index is 0.110. The van der Waals surface area contributed by atoms with Crippen LogP contribution >= 0.6 is 0 Å². The third-order valence-corrected chi connectivity index (χ3v) is 11.0. The summed E-state index contributed by atoms with van der Waals surface area (Å²) in [5.74, 6) is 0. The lowest BCUT2D eigenvalue weighted by molar-refractivity contribution is 0.748. The van der Waals surface area contributed by atoms with Crippen LogP contribution < -0.4 is 5.32 Å². The first-order chi connectivity index (χ1) is 28.8. The highest BCUT2D eigenvalue weighted by Crippen LogP contribution is 2.39. The summed E-state index contributed by atoms with van der Waals surface area (Å²) in [5.41, 5.74) is 16.3. The molecule has 0 radical (unpaired) electrons. The number of pyridine rings is 3. The molecule has 1 N–H and O–H groups in total. The smallest absolute Gasteiger partial charge is 0.0963 e. The number of hydrogen-bond acceptors (Lipinski definition) is 4. The normalized spacial score (nSPS) is 13.5. The molecule has 0 saturated carbocycles. The number of dihydropyridines is 1. The number of rotatable bonds is 6. The van der Waals surface area contributed by atoms with E-state index in [1.807, 2.05) is 69.0 Å². The Hall–Kier alpha value is -7.57. The number of allylic oxidation sites excluding steroid dienone is 2. The lowest BCUT2D eigenvalue weighted by Gasteiger charge is -2.20. The molecule has 0 saturated heterocycles. The minimum atomic E-state index is 0.110. The van der Waals surface area contributed by atoms with E-state index < -0.39 is 0 Å². The van der Waals surface area contributed by atoms with E-state index in [0.29, 0.717) is 0 Å². The molecule has 5 aromatic heterocycles. The van der Waals surface area contributed by atoms with Gasteiger partial charge in [0.2, 0.25) is 0 Å². The van der Waals surface area contributed by atoms with Gasteiger partial charge in [-0.2, -0.15) is 0 Å². The first kappa shape index (κ1) is 34.9. The first-order valence-corrected chi connectivity index (χ1v) is 19.9. The highest BCUT2D eigenvalue weighted by Gasteiger charge is 2.20. The quantitative estimate of drug-likeness (QED) is 0.184. The Balaban J connectivity index is 0.00000201. The molecule has 0 fully saturated rings. The van der Waals surface area contributed by atoms with Crippen molar-refractivity contribution in [3.05, 3.63) is 200 Å². The minimum Gasteiger partial charge on any atom is -0.381 e. The maximum absolute atomic E-state index is 4.94. The molecular weight excluding hydrogens is 709 g/mol. The lowest BCUT2D eigenvalue weighted by Crippen LogP contribution is -2.15. The fourth-order valence-electron chi connectivity index (χ4n) is 8.48. The molecule has 6 nitrogen and oxygen atoms in total. The molecule has 0 aliphatic carbocycles. The topological polar surface area (TPSA) is 60.6 Å². The molecule has 6 heteroatoms. The summed E-state index contributed by atoms with van der Waals surface area (Å²) in [6, 6.07) is 54.0. The van der Waals surface area contributed by atoms with Crippen molar-refractivity contribution in [2.45, 2.75) is 19.9 Å². The van der Waals surface area contributed by atoms with Crippen LogP contribution in [0.15, 0.2) is 195 Å². The maximum atomic E-state index is 4.94. The molecule has 1 atom stereocenters. The standard InChI is InChI=1S/C50H34N6.C2H6/c1-3-16-39(43-18-5-7-26-51-43)37(14-1)33-22-24-45-41(30-33)49-47(20-10-28-53-49)55(45)35-12-9-13-36(32-35)56-46-25-23-34(31-42(46)50-48(56)21-11-29-54-50)38-15-2-4-17-40(38)44-19-6-8-27-52-44;1-2/h1-32,43,51H;1-2H3. The predicted molar refractivity (Wildman–Crippen MR) is 240 cm³/mol. The predicted octanol–water partition coefficient (Wildman–Crippen LogP) is 12.8. The van der Waals surface area contributed by atoms with Gasteiger partial charge in [0.15, 0.2) is 0 Å². The van der Waals surface area contributed by atoms with Crippen molar-refractivity contribution in [1.29, 1.82) is 0 Å². The summed E-state index contributed by atoms with van der Waals surface area (Å²) in [4.78, 5) is 14.5. The van der Waals surface area contributed by atoms with E-state index in [0.717, 1.165) is 83.2 Å². The molecule has 1 aliphatic heterocycles. The van der Waals surface area contributed by atoms with Crippen LogP contribution in [-0.4, -0.2) is 24.1 Å². The lowest BCUT2D eigenvalue weighted by atomic mass is 9.93. The second-order valence-corrected chi connectivity index (χ2v) is 14.1. The second kappa shape index (κ2) is 14.8. The Bertz CT molecular complexity index is 3190. The summed E-state index contributed by atoms with van der Waals surface area (Å²) in [6.45, 7) is 4.00. The summed E-state index contributed by atoms with van der Waals surface area (Å²) < 4.78 is 4.67. The van der Waals surface area contributed by atoms with Gasteiger partial charge < -0.3 is 14.5 Å². The fraction of sp³-hybridized carbons (Fsp3) is 0.0577. The molecule has 278 valence electrons. The van der Waals surface area contributed by atoms with Crippen molar-refractivity contribution in [2.75, 3.05) is 0 Å². The average Bonchev–Trinajstić information content (AvgIpc) is 3.82. The van der Waals surface area contributed by atoms with Gasteiger partial charge in [0.25, 0.3) is 0 Å². The summed E-state index contributed by atoms with van der Waals surface area (Å²) in [5, 5.41) is 5.72. The monoisotopic (exact) mass is 748 g/mol. The average molecular weight is 749 g/mol. The van der Waals surface area contributed by atoms with Crippen LogP contribution in [0.3, 0.4) is 0 Å². The fourth-order valence-corrected chi connectivity index (χ4v) is 8.48. The molecule has 5 aromatic carbocycles. The van der Waals surface area contributed by atoms with E-state index in [-0.39, 0.29) is 6.04 Å². The largest absolute Gasteiger partial charge is 0.381 e. The molecule has 1 unspecified atom stereocenters. The van der Waals surface area contributed by atoms with Crippen molar-refractivity contribution in [2.24, 2.45) is 0 Å². The van der Waals surface area contributed by atoms with E-state index in [9.17, 15) is 0 Å². The zero-order chi connectivity index (χ0) is 39.0. The zero-order valence-corrected chi connectivity index (χ0v) is 32.3. The third-order valence-electron chi connectivity index (χ3n) is 11.0. The van der Waals surface area contributed by atoms with Crippen LogP contribution in [0.25, 0.3) is 88.8 Å². The Morgan fingerprint density at radius 2 is 1.05 bits per heavy atom.